The normalized spacial score (nSPS) is 13.6. The average Bonchev–Trinajstić information content (AvgIpc) is 2.78. The second kappa shape index (κ2) is 5.53. The Morgan fingerprint density at radius 2 is 1.95 bits per heavy atom. The monoisotopic (exact) mass is 282 g/mol. The lowest BCUT2D eigenvalue weighted by Gasteiger charge is -2.19. The van der Waals surface area contributed by atoms with E-state index >= 15 is 0 Å². The molecule has 0 amide bonds. The molecule has 5 heteroatoms. The van der Waals surface area contributed by atoms with Crippen molar-refractivity contribution in [2.75, 3.05) is 5.88 Å². The van der Waals surface area contributed by atoms with Crippen molar-refractivity contribution in [3.8, 4) is 0 Å². The highest BCUT2D eigenvalue weighted by Gasteiger charge is 2.21. The molecule has 0 saturated heterocycles. The molecule has 2 rings (SSSR count). The molecular formula is C14H23ClN4. The molecule has 1 atom stereocenters. The largest absolute Gasteiger partial charge is 0.310 e. The fourth-order valence-corrected chi connectivity index (χ4v) is 3.02. The second-order valence-corrected chi connectivity index (χ2v) is 6.07. The van der Waals surface area contributed by atoms with Gasteiger partial charge in [0.2, 0.25) is 0 Å². The molecule has 0 spiro atoms. The third-order valence-electron chi connectivity index (χ3n) is 3.48. The summed E-state index contributed by atoms with van der Waals surface area (Å²) in [7, 11) is 1.99. The van der Waals surface area contributed by atoms with Crippen molar-refractivity contribution in [1.82, 2.24) is 19.3 Å². The predicted molar refractivity (Wildman–Crippen MR) is 79.8 cm³/mol. The van der Waals surface area contributed by atoms with E-state index in [0.717, 1.165) is 35.5 Å². The molecule has 0 bridgehead atoms. The summed E-state index contributed by atoms with van der Waals surface area (Å²) in [5.41, 5.74) is 3.12. The van der Waals surface area contributed by atoms with Crippen molar-refractivity contribution < 1.29 is 0 Å². The summed E-state index contributed by atoms with van der Waals surface area (Å²) in [6.07, 6.45) is 1.93. The van der Waals surface area contributed by atoms with E-state index in [1.165, 1.54) is 0 Å². The van der Waals surface area contributed by atoms with Gasteiger partial charge in [-0.1, -0.05) is 13.8 Å². The van der Waals surface area contributed by atoms with E-state index in [2.05, 4.69) is 30.4 Å². The topological polar surface area (TPSA) is 35.6 Å². The molecule has 0 saturated carbocycles. The first-order chi connectivity index (χ1) is 8.95. The van der Waals surface area contributed by atoms with Crippen molar-refractivity contribution in [3.63, 3.8) is 0 Å². The highest BCUT2D eigenvalue weighted by molar-refractivity contribution is 6.17. The van der Waals surface area contributed by atoms with Crippen molar-refractivity contribution in [2.45, 2.75) is 46.6 Å². The van der Waals surface area contributed by atoms with Crippen LogP contribution in [0, 0.1) is 12.8 Å². The smallest absolute Gasteiger partial charge is 0.158 e. The van der Waals surface area contributed by atoms with Gasteiger partial charge < -0.3 is 4.57 Å². The molecule has 2 aromatic heterocycles. The summed E-state index contributed by atoms with van der Waals surface area (Å²) < 4.78 is 4.25. The molecule has 1 unspecified atom stereocenters. The molecule has 0 aliphatic carbocycles. The maximum absolute atomic E-state index is 5.92. The van der Waals surface area contributed by atoms with Gasteiger partial charge in [-0.3, -0.25) is 4.68 Å². The van der Waals surface area contributed by atoms with E-state index in [4.69, 9.17) is 16.6 Å². The van der Waals surface area contributed by atoms with Crippen molar-refractivity contribution in [1.29, 1.82) is 0 Å². The number of nitrogens with zero attached hydrogens (tertiary/aromatic N) is 4. The SMILES string of the molecule is Cc1nn(C)c2c1nc(CCCl)n2C(C)CC(C)C. The fourth-order valence-electron chi connectivity index (χ4n) is 2.85. The number of fused-ring (bicyclic) bond motifs is 1. The number of rotatable bonds is 5. The van der Waals surface area contributed by atoms with Crippen LogP contribution in [0.3, 0.4) is 0 Å². The molecule has 0 N–H and O–H groups in total. The van der Waals surface area contributed by atoms with Crippen LogP contribution in [0.25, 0.3) is 11.2 Å². The van der Waals surface area contributed by atoms with Gasteiger partial charge in [0.25, 0.3) is 0 Å². The lowest BCUT2D eigenvalue weighted by atomic mass is 10.0. The zero-order chi connectivity index (χ0) is 14.2. The van der Waals surface area contributed by atoms with Gasteiger partial charge in [-0.15, -0.1) is 11.6 Å². The van der Waals surface area contributed by atoms with Gasteiger partial charge in [-0.25, -0.2) is 4.98 Å². The van der Waals surface area contributed by atoms with E-state index in [0.29, 0.717) is 17.8 Å². The third kappa shape index (κ3) is 2.64. The van der Waals surface area contributed by atoms with Crippen molar-refractivity contribution >= 4 is 22.8 Å². The van der Waals surface area contributed by atoms with Gasteiger partial charge in [-0.2, -0.15) is 5.10 Å². The number of alkyl halides is 1. The van der Waals surface area contributed by atoms with Crippen molar-refractivity contribution in [2.24, 2.45) is 13.0 Å². The number of aromatic nitrogens is 4. The zero-order valence-electron chi connectivity index (χ0n) is 12.4. The zero-order valence-corrected chi connectivity index (χ0v) is 13.2. The first-order valence-corrected chi connectivity index (χ1v) is 7.45. The quantitative estimate of drug-likeness (QED) is 0.787. The molecule has 0 aromatic carbocycles. The van der Waals surface area contributed by atoms with E-state index in [1.807, 2.05) is 18.7 Å². The van der Waals surface area contributed by atoms with Gasteiger partial charge in [0.15, 0.2) is 5.65 Å². The molecular weight excluding hydrogens is 260 g/mol. The minimum atomic E-state index is 0.415. The highest BCUT2D eigenvalue weighted by Crippen LogP contribution is 2.27. The Morgan fingerprint density at radius 3 is 2.53 bits per heavy atom. The predicted octanol–water partition coefficient (Wildman–Crippen LogP) is 3.47. The Bertz CT molecular complexity index is 568. The number of aryl methyl sites for hydroxylation is 3. The summed E-state index contributed by atoms with van der Waals surface area (Å²) in [5, 5.41) is 4.47. The van der Waals surface area contributed by atoms with Crippen LogP contribution in [0.2, 0.25) is 0 Å². The number of imidazole rings is 1. The molecule has 0 radical (unpaired) electrons. The average molecular weight is 283 g/mol. The minimum absolute atomic E-state index is 0.415. The summed E-state index contributed by atoms with van der Waals surface area (Å²) in [5.74, 6) is 2.34. The number of halogens is 1. The first-order valence-electron chi connectivity index (χ1n) is 6.92. The van der Waals surface area contributed by atoms with Gasteiger partial charge in [0.1, 0.15) is 11.3 Å². The van der Waals surface area contributed by atoms with Crippen LogP contribution in [0.15, 0.2) is 0 Å². The maximum atomic E-state index is 5.92. The Morgan fingerprint density at radius 1 is 1.26 bits per heavy atom. The van der Waals surface area contributed by atoms with Gasteiger partial charge in [0, 0.05) is 25.4 Å². The van der Waals surface area contributed by atoms with E-state index in [1.54, 1.807) is 0 Å². The van der Waals surface area contributed by atoms with Crippen LogP contribution in [0.5, 0.6) is 0 Å². The summed E-state index contributed by atoms with van der Waals surface area (Å²) in [4.78, 5) is 4.75. The van der Waals surface area contributed by atoms with Crippen LogP contribution in [0.4, 0.5) is 0 Å². The number of hydrogen-bond acceptors (Lipinski definition) is 2. The molecule has 19 heavy (non-hydrogen) atoms. The second-order valence-electron chi connectivity index (χ2n) is 5.70. The molecule has 0 aliphatic heterocycles. The van der Waals surface area contributed by atoms with Crippen molar-refractivity contribution in [3.05, 3.63) is 11.5 Å². The Hall–Kier alpha value is -1.03. The van der Waals surface area contributed by atoms with E-state index in [9.17, 15) is 0 Å². The van der Waals surface area contributed by atoms with Crippen LogP contribution in [-0.2, 0) is 13.5 Å². The molecule has 4 nitrogen and oxygen atoms in total. The standard InChI is InChI=1S/C14H23ClN4/c1-9(2)8-10(3)19-12(6-7-15)16-13-11(4)17-18(5)14(13)19/h9-10H,6-8H2,1-5H3. The molecule has 0 fully saturated rings. The Kier molecular flexibility index (Phi) is 4.19. The van der Waals surface area contributed by atoms with Gasteiger partial charge in [-0.05, 0) is 26.2 Å². The van der Waals surface area contributed by atoms with Crippen LogP contribution >= 0.6 is 11.6 Å². The maximum Gasteiger partial charge on any atom is 0.158 e. The van der Waals surface area contributed by atoms with Gasteiger partial charge in [0.05, 0.1) is 5.69 Å². The van der Waals surface area contributed by atoms with E-state index in [-0.39, 0.29) is 0 Å². The van der Waals surface area contributed by atoms with Crippen LogP contribution in [-0.4, -0.2) is 25.2 Å². The van der Waals surface area contributed by atoms with E-state index < -0.39 is 0 Å². The van der Waals surface area contributed by atoms with Crippen LogP contribution in [0.1, 0.15) is 44.8 Å². The summed E-state index contributed by atoms with van der Waals surface area (Å²) in [6, 6.07) is 0.415. The molecule has 2 heterocycles. The molecule has 0 aliphatic rings. The molecule has 2 aromatic rings. The summed E-state index contributed by atoms with van der Waals surface area (Å²) in [6.45, 7) is 8.76. The Balaban J connectivity index is 2.56. The molecule has 106 valence electrons. The minimum Gasteiger partial charge on any atom is -0.310 e. The third-order valence-corrected chi connectivity index (χ3v) is 3.67. The van der Waals surface area contributed by atoms with Gasteiger partial charge >= 0.3 is 0 Å². The highest BCUT2D eigenvalue weighted by atomic mass is 35.5. The Labute approximate surface area is 119 Å². The summed E-state index contributed by atoms with van der Waals surface area (Å²) >= 11 is 5.92. The fraction of sp³-hybridized carbons (Fsp3) is 0.714. The van der Waals surface area contributed by atoms with Crippen LogP contribution < -0.4 is 0 Å². The lowest BCUT2D eigenvalue weighted by molar-refractivity contribution is 0.421. The first kappa shape index (κ1) is 14.4. The lowest BCUT2D eigenvalue weighted by Crippen LogP contribution is -2.14. The number of hydrogen-bond donors (Lipinski definition) is 0.